The predicted octanol–water partition coefficient (Wildman–Crippen LogP) is 2.93. The van der Waals surface area contributed by atoms with Gasteiger partial charge in [-0.3, -0.25) is 4.79 Å². The monoisotopic (exact) mass is 279 g/mol. The second kappa shape index (κ2) is 5.62. The molecule has 4 nitrogen and oxygen atoms in total. The zero-order valence-corrected chi connectivity index (χ0v) is 10.8. The zero-order chi connectivity index (χ0) is 13.8. The quantitative estimate of drug-likeness (QED) is 0.879. The van der Waals surface area contributed by atoms with E-state index in [4.69, 9.17) is 0 Å². The molecule has 6 heteroatoms. The molecule has 0 aliphatic carbocycles. The number of halogens is 1. The van der Waals surface area contributed by atoms with Crippen molar-refractivity contribution in [3.63, 3.8) is 0 Å². The third kappa shape index (κ3) is 2.79. The average molecular weight is 279 g/mol. The molecule has 0 aliphatic heterocycles. The highest BCUT2D eigenvalue weighted by atomic mass is 32.1. The highest BCUT2D eigenvalue weighted by Crippen LogP contribution is 2.24. The van der Waals surface area contributed by atoms with Crippen molar-refractivity contribution in [2.45, 2.75) is 0 Å². The number of hydrogen-bond acceptors (Lipinski definition) is 4. The van der Waals surface area contributed by atoms with Crippen LogP contribution >= 0.6 is 11.3 Å². The number of esters is 1. The molecular weight excluding hydrogens is 269 g/mol. The van der Waals surface area contributed by atoms with Crippen molar-refractivity contribution in [2.75, 3.05) is 12.4 Å². The molecule has 0 saturated heterocycles. The van der Waals surface area contributed by atoms with E-state index in [0.717, 1.165) is 0 Å². The fourth-order valence-corrected chi connectivity index (χ4v) is 2.26. The number of methoxy groups -OCH3 is 1. The van der Waals surface area contributed by atoms with Crippen molar-refractivity contribution in [2.24, 2.45) is 0 Å². The average Bonchev–Trinajstić information content (AvgIpc) is 2.86. The van der Waals surface area contributed by atoms with Crippen molar-refractivity contribution < 1.29 is 18.7 Å². The summed E-state index contributed by atoms with van der Waals surface area (Å²) >= 11 is 1.17. The number of rotatable bonds is 3. The van der Waals surface area contributed by atoms with Gasteiger partial charge >= 0.3 is 5.97 Å². The smallest absolute Gasteiger partial charge is 0.340 e. The van der Waals surface area contributed by atoms with Gasteiger partial charge in [-0.2, -0.15) is 0 Å². The fourth-order valence-electron chi connectivity index (χ4n) is 1.49. The summed E-state index contributed by atoms with van der Waals surface area (Å²) in [6.07, 6.45) is 0. The van der Waals surface area contributed by atoms with Gasteiger partial charge in [0.1, 0.15) is 10.8 Å². The zero-order valence-electron chi connectivity index (χ0n) is 9.98. The summed E-state index contributed by atoms with van der Waals surface area (Å²) < 4.78 is 18.0. The van der Waals surface area contributed by atoms with E-state index in [-0.39, 0.29) is 11.1 Å². The lowest BCUT2D eigenvalue weighted by atomic mass is 10.2. The van der Waals surface area contributed by atoms with Crippen LogP contribution in [-0.2, 0) is 4.74 Å². The summed E-state index contributed by atoms with van der Waals surface area (Å²) in [4.78, 5) is 23.3. The first-order valence-corrected chi connectivity index (χ1v) is 6.23. The number of carbonyl (C=O) groups excluding carboxylic acids is 2. The van der Waals surface area contributed by atoms with Crippen molar-refractivity contribution >= 4 is 28.2 Å². The standard InChI is InChI=1S/C13H10FNO3S/c1-18-13(17)9-6-7-19-12(9)15-11(16)8-4-2-3-5-10(8)14/h2-7H,1H3,(H,15,16). The van der Waals surface area contributed by atoms with Crippen LogP contribution < -0.4 is 5.32 Å². The highest BCUT2D eigenvalue weighted by Gasteiger charge is 2.17. The number of anilines is 1. The van der Waals surface area contributed by atoms with E-state index in [2.05, 4.69) is 10.1 Å². The molecule has 0 aliphatic rings. The minimum absolute atomic E-state index is 0.0771. The van der Waals surface area contributed by atoms with Crippen molar-refractivity contribution in [3.8, 4) is 0 Å². The van der Waals surface area contributed by atoms with Gasteiger partial charge in [-0.1, -0.05) is 12.1 Å². The first kappa shape index (κ1) is 13.2. The van der Waals surface area contributed by atoms with Gasteiger partial charge in [-0.15, -0.1) is 11.3 Å². The Morgan fingerprint density at radius 1 is 1.21 bits per heavy atom. The van der Waals surface area contributed by atoms with E-state index < -0.39 is 17.7 Å². The normalized spacial score (nSPS) is 10.0. The summed E-state index contributed by atoms with van der Waals surface area (Å²) in [5, 5.41) is 4.48. The lowest BCUT2D eigenvalue weighted by Crippen LogP contribution is -2.15. The van der Waals surface area contributed by atoms with Crippen LogP contribution in [0.3, 0.4) is 0 Å². The first-order chi connectivity index (χ1) is 9.13. The Balaban J connectivity index is 2.23. The Kier molecular flexibility index (Phi) is 3.91. The molecule has 1 aromatic heterocycles. The van der Waals surface area contributed by atoms with E-state index in [1.165, 1.54) is 42.7 Å². The van der Waals surface area contributed by atoms with Gasteiger partial charge in [-0.25, -0.2) is 9.18 Å². The maximum absolute atomic E-state index is 13.4. The molecule has 0 spiro atoms. The molecule has 1 aromatic carbocycles. The second-order valence-electron chi connectivity index (χ2n) is 3.59. The van der Waals surface area contributed by atoms with E-state index >= 15 is 0 Å². The molecule has 98 valence electrons. The maximum Gasteiger partial charge on any atom is 0.340 e. The summed E-state index contributed by atoms with van der Waals surface area (Å²) in [7, 11) is 1.25. The summed E-state index contributed by atoms with van der Waals surface area (Å²) in [6.45, 7) is 0. The van der Waals surface area contributed by atoms with Crippen LogP contribution in [0.5, 0.6) is 0 Å². The Morgan fingerprint density at radius 2 is 1.95 bits per heavy atom. The molecule has 0 atom stereocenters. The van der Waals surface area contributed by atoms with Gasteiger partial charge in [0.2, 0.25) is 0 Å². The molecule has 0 fully saturated rings. The van der Waals surface area contributed by atoms with Crippen molar-refractivity contribution in [1.82, 2.24) is 0 Å². The van der Waals surface area contributed by atoms with Crippen LogP contribution in [0.25, 0.3) is 0 Å². The second-order valence-corrected chi connectivity index (χ2v) is 4.51. The van der Waals surface area contributed by atoms with E-state index in [0.29, 0.717) is 5.00 Å². The molecule has 19 heavy (non-hydrogen) atoms. The predicted molar refractivity (Wildman–Crippen MR) is 70.0 cm³/mol. The summed E-state index contributed by atoms with van der Waals surface area (Å²) in [5.74, 6) is -1.77. The largest absolute Gasteiger partial charge is 0.465 e. The van der Waals surface area contributed by atoms with Crippen LogP contribution in [-0.4, -0.2) is 19.0 Å². The Labute approximate surface area is 112 Å². The maximum atomic E-state index is 13.4. The lowest BCUT2D eigenvalue weighted by Gasteiger charge is -2.05. The number of nitrogens with one attached hydrogen (secondary N) is 1. The molecule has 0 saturated carbocycles. The van der Waals surface area contributed by atoms with Crippen LogP contribution in [0.4, 0.5) is 9.39 Å². The lowest BCUT2D eigenvalue weighted by molar-refractivity contribution is 0.0602. The van der Waals surface area contributed by atoms with Crippen LogP contribution in [0, 0.1) is 5.82 Å². The molecule has 0 bridgehead atoms. The van der Waals surface area contributed by atoms with Crippen LogP contribution in [0.2, 0.25) is 0 Å². The van der Waals surface area contributed by atoms with Crippen molar-refractivity contribution in [3.05, 3.63) is 52.7 Å². The molecule has 0 unspecified atom stereocenters. The van der Waals surface area contributed by atoms with Crippen LogP contribution in [0.15, 0.2) is 35.7 Å². The number of amides is 1. The number of carbonyl (C=O) groups is 2. The third-order valence-electron chi connectivity index (χ3n) is 2.42. The van der Waals surface area contributed by atoms with Gasteiger partial charge in [0.05, 0.1) is 18.2 Å². The van der Waals surface area contributed by atoms with Crippen LogP contribution in [0.1, 0.15) is 20.7 Å². The SMILES string of the molecule is COC(=O)c1ccsc1NC(=O)c1ccccc1F. The molecule has 0 radical (unpaired) electrons. The van der Waals surface area contributed by atoms with Crippen molar-refractivity contribution in [1.29, 1.82) is 0 Å². The van der Waals surface area contributed by atoms with E-state index in [1.54, 1.807) is 11.4 Å². The third-order valence-corrected chi connectivity index (χ3v) is 3.25. The fraction of sp³-hybridized carbons (Fsp3) is 0.0769. The van der Waals surface area contributed by atoms with Gasteiger partial charge in [0.25, 0.3) is 5.91 Å². The Bertz CT molecular complexity index is 624. The molecule has 1 amide bonds. The number of benzene rings is 1. The first-order valence-electron chi connectivity index (χ1n) is 5.35. The van der Waals surface area contributed by atoms with E-state index in [9.17, 15) is 14.0 Å². The molecular formula is C13H10FNO3S. The van der Waals surface area contributed by atoms with Gasteiger partial charge in [-0.05, 0) is 23.6 Å². The molecule has 1 N–H and O–H groups in total. The van der Waals surface area contributed by atoms with E-state index in [1.807, 2.05) is 0 Å². The van der Waals surface area contributed by atoms with Gasteiger partial charge < -0.3 is 10.1 Å². The molecule has 1 heterocycles. The number of ether oxygens (including phenoxy) is 1. The minimum Gasteiger partial charge on any atom is -0.465 e. The number of hydrogen-bond donors (Lipinski definition) is 1. The van der Waals surface area contributed by atoms with Gasteiger partial charge in [0.15, 0.2) is 0 Å². The molecule has 2 aromatic rings. The Hall–Kier alpha value is -2.21. The topological polar surface area (TPSA) is 55.4 Å². The minimum atomic E-state index is -0.615. The highest BCUT2D eigenvalue weighted by molar-refractivity contribution is 7.14. The molecule has 2 rings (SSSR count). The van der Waals surface area contributed by atoms with Gasteiger partial charge in [0, 0.05) is 0 Å². The Morgan fingerprint density at radius 3 is 2.63 bits per heavy atom. The summed E-state index contributed by atoms with van der Waals surface area (Å²) in [6, 6.07) is 7.17. The summed E-state index contributed by atoms with van der Waals surface area (Å²) in [5.41, 5.74) is 0.170. The number of thiophene rings is 1.